The number of nitrogens with one attached hydrogen (secondary N) is 1. The van der Waals surface area contributed by atoms with Crippen molar-refractivity contribution in [2.45, 2.75) is 19.3 Å². The highest BCUT2D eigenvalue weighted by molar-refractivity contribution is 7.79. The van der Waals surface area contributed by atoms with E-state index in [0.29, 0.717) is 0 Å². The molecule has 0 aromatic heterocycles. The Balaban J connectivity index is 0. The van der Waals surface area contributed by atoms with Crippen molar-refractivity contribution < 1.29 is 18.9 Å². The average Bonchev–Trinajstić information content (AvgIpc) is 1.88. The summed E-state index contributed by atoms with van der Waals surface area (Å²) in [6, 6.07) is 0. The molecule has 0 aromatic carbocycles. The predicted molar refractivity (Wildman–Crippen MR) is 40.2 cm³/mol. The summed E-state index contributed by atoms with van der Waals surface area (Å²) < 4.78 is 32.8. The molecule has 6 heteroatoms. The quantitative estimate of drug-likeness (QED) is 0.403. The fourth-order valence-electron chi connectivity index (χ4n) is 0.802. The Hall–Kier alpha value is -0.170. The van der Waals surface area contributed by atoms with E-state index in [9.17, 15) is 0 Å². The summed E-state index contributed by atoms with van der Waals surface area (Å²) in [5.41, 5.74) is 0. The molecule has 0 spiro atoms. The molecular formula is C5H13NO4S. The minimum atomic E-state index is -4.92. The van der Waals surface area contributed by atoms with Gasteiger partial charge in [-0.3, -0.25) is 4.55 Å². The van der Waals surface area contributed by atoms with Crippen LogP contribution in [0.4, 0.5) is 0 Å². The van der Waals surface area contributed by atoms with Crippen molar-refractivity contribution in [3.63, 3.8) is 0 Å². The van der Waals surface area contributed by atoms with Gasteiger partial charge in [-0.15, -0.1) is 0 Å². The Labute approximate surface area is 67.9 Å². The topological polar surface area (TPSA) is 89.5 Å². The lowest BCUT2D eigenvalue weighted by Gasteiger charge is -2.08. The summed E-state index contributed by atoms with van der Waals surface area (Å²) in [6.07, 6.45) is 4.22. The number of hydrogen-bond acceptors (Lipinski definition) is 4. The van der Waals surface area contributed by atoms with E-state index >= 15 is 0 Å². The van der Waals surface area contributed by atoms with Gasteiger partial charge in [0.15, 0.2) is 0 Å². The maximum absolute atomic E-state index is 8.63. The first kappa shape index (κ1) is 10.8. The molecule has 0 bridgehead atoms. The summed E-state index contributed by atoms with van der Waals surface area (Å²) in [5, 5.41) is 3.28. The largest absolute Gasteiger partial charge is 1.00 e. The van der Waals surface area contributed by atoms with Crippen LogP contribution in [0.5, 0.6) is 0 Å². The molecule has 1 heterocycles. The van der Waals surface area contributed by atoms with E-state index in [1.54, 1.807) is 0 Å². The van der Waals surface area contributed by atoms with Gasteiger partial charge in [0.1, 0.15) is 0 Å². The zero-order valence-corrected chi connectivity index (χ0v) is 6.93. The molecule has 2 N–H and O–H groups in total. The minimum Gasteiger partial charge on any atom is -0.726 e. The summed E-state index contributed by atoms with van der Waals surface area (Å²) in [5.74, 6) is 0. The lowest BCUT2D eigenvalue weighted by molar-refractivity contribution is 0.366. The summed E-state index contributed by atoms with van der Waals surface area (Å²) in [4.78, 5) is 0. The van der Waals surface area contributed by atoms with Gasteiger partial charge in [0, 0.05) is 0 Å². The maximum Gasteiger partial charge on any atom is 1.00 e. The van der Waals surface area contributed by atoms with Gasteiger partial charge in [-0.05, 0) is 25.9 Å². The van der Waals surface area contributed by atoms with Gasteiger partial charge in [-0.1, -0.05) is 6.42 Å². The predicted octanol–water partition coefficient (Wildman–Crippen LogP) is -0.123. The molecule has 0 aliphatic carbocycles. The molecule has 5 nitrogen and oxygen atoms in total. The van der Waals surface area contributed by atoms with E-state index in [-0.39, 0.29) is 1.43 Å². The zero-order chi connectivity index (χ0) is 8.74. The van der Waals surface area contributed by atoms with Gasteiger partial charge in [0.05, 0.1) is 0 Å². The van der Waals surface area contributed by atoms with E-state index in [4.69, 9.17) is 17.5 Å². The zero-order valence-electron chi connectivity index (χ0n) is 7.12. The second-order valence-electron chi connectivity index (χ2n) is 2.24. The Kier molecular flexibility index (Phi) is 5.39. The van der Waals surface area contributed by atoms with Crippen LogP contribution in [-0.2, 0) is 10.4 Å². The van der Waals surface area contributed by atoms with E-state index in [1.807, 2.05) is 0 Å². The summed E-state index contributed by atoms with van der Waals surface area (Å²) >= 11 is 0. The van der Waals surface area contributed by atoms with Crippen molar-refractivity contribution in [2.75, 3.05) is 13.1 Å². The molecule has 0 amide bonds. The molecule has 0 aromatic rings. The number of piperidine rings is 1. The number of hydrogen-bond donors (Lipinski definition) is 2. The van der Waals surface area contributed by atoms with Gasteiger partial charge in [0.2, 0.25) is 10.4 Å². The van der Waals surface area contributed by atoms with Crippen LogP contribution >= 0.6 is 0 Å². The highest BCUT2D eigenvalue weighted by Gasteiger charge is 1.93. The molecule has 0 unspecified atom stereocenters. The Morgan fingerprint density at radius 1 is 1.27 bits per heavy atom. The van der Waals surface area contributed by atoms with Gasteiger partial charge >= 0.3 is 1.43 Å². The molecule has 1 saturated heterocycles. The molecule has 1 rings (SSSR count). The summed E-state index contributed by atoms with van der Waals surface area (Å²) in [6.45, 7) is 2.50. The fraction of sp³-hybridized carbons (Fsp3) is 1.00. The fourth-order valence-corrected chi connectivity index (χ4v) is 0.802. The second-order valence-corrected chi connectivity index (χ2v) is 3.09. The van der Waals surface area contributed by atoms with Gasteiger partial charge < -0.3 is 9.87 Å². The first-order valence-corrected chi connectivity index (χ1v) is 4.75. The molecule has 1 aliphatic heterocycles. The molecule has 1 aliphatic rings. The first-order valence-electron chi connectivity index (χ1n) is 3.39. The van der Waals surface area contributed by atoms with Crippen LogP contribution in [0.2, 0.25) is 0 Å². The van der Waals surface area contributed by atoms with E-state index < -0.39 is 10.4 Å². The Bertz CT molecular complexity index is 158. The van der Waals surface area contributed by atoms with E-state index in [0.717, 1.165) is 0 Å². The van der Waals surface area contributed by atoms with E-state index in [2.05, 4.69) is 5.32 Å². The Morgan fingerprint density at radius 3 is 1.73 bits per heavy atom. The van der Waals surface area contributed by atoms with Gasteiger partial charge in [-0.25, -0.2) is 8.42 Å². The SMILES string of the molecule is C1CCNCC1.O=S(=O)([O-])O.[H+]. The molecule has 0 radical (unpaired) electrons. The lowest BCUT2D eigenvalue weighted by Crippen LogP contribution is -2.21. The maximum atomic E-state index is 8.63. The van der Waals surface area contributed by atoms with Gasteiger partial charge in [0.25, 0.3) is 0 Å². The molecule has 0 saturated carbocycles. The number of rotatable bonds is 0. The van der Waals surface area contributed by atoms with Gasteiger partial charge in [-0.2, -0.15) is 0 Å². The normalized spacial score (nSPS) is 18.4. The van der Waals surface area contributed by atoms with E-state index in [1.165, 1.54) is 32.4 Å². The summed E-state index contributed by atoms with van der Waals surface area (Å²) in [7, 11) is -4.92. The van der Waals surface area contributed by atoms with Crippen LogP contribution in [0.3, 0.4) is 0 Å². The molecule has 68 valence electrons. The molecule has 1 fully saturated rings. The van der Waals surface area contributed by atoms with Crippen LogP contribution in [0.1, 0.15) is 20.7 Å². The second kappa shape index (κ2) is 5.48. The smallest absolute Gasteiger partial charge is 0.726 e. The molecule has 0 atom stereocenters. The van der Waals surface area contributed by atoms with Crippen LogP contribution in [0.15, 0.2) is 0 Å². The average molecular weight is 183 g/mol. The third-order valence-corrected chi connectivity index (χ3v) is 1.21. The van der Waals surface area contributed by atoms with Crippen molar-refractivity contribution in [1.29, 1.82) is 0 Å². The van der Waals surface area contributed by atoms with Crippen molar-refractivity contribution in [3.05, 3.63) is 0 Å². The third-order valence-electron chi connectivity index (χ3n) is 1.21. The van der Waals surface area contributed by atoms with Crippen LogP contribution < -0.4 is 5.32 Å². The lowest BCUT2D eigenvalue weighted by atomic mass is 10.2. The highest BCUT2D eigenvalue weighted by Crippen LogP contribution is 1.96. The Morgan fingerprint density at radius 2 is 1.64 bits per heavy atom. The minimum absolute atomic E-state index is 0. The van der Waals surface area contributed by atoms with Crippen molar-refractivity contribution in [3.8, 4) is 0 Å². The highest BCUT2D eigenvalue weighted by atomic mass is 32.3. The monoisotopic (exact) mass is 183 g/mol. The van der Waals surface area contributed by atoms with Crippen molar-refractivity contribution in [2.24, 2.45) is 0 Å². The van der Waals surface area contributed by atoms with Crippen LogP contribution in [-0.4, -0.2) is 30.6 Å². The van der Waals surface area contributed by atoms with Crippen molar-refractivity contribution >= 4 is 10.4 Å². The third kappa shape index (κ3) is 17.7. The van der Waals surface area contributed by atoms with Crippen molar-refractivity contribution in [1.82, 2.24) is 5.32 Å². The molecule has 11 heavy (non-hydrogen) atoms. The standard InChI is InChI=1S/C5H11N.H2O4S/c1-2-4-6-5-3-1;1-5(2,3)4/h6H,1-5H2;(H2,1,2,3,4). The first-order chi connectivity index (χ1) is 5.00. The van der Waals surface area contributed by atoms with Crippen LogP contribution in [0.25, 0.3) is 0 Å². The van der Waals surface area contributed by atoms with Crippen LogP contribution in [0, 0.1) is 0 Å². The molecular weight excluding hydrogens is 170 g/mol.